The van der Waals surface area contributed by atoms with E-state index in [1.54, 1.807) is 30.3 Å². The average molecular weight is 311 g/mol. The third kappa shape index (κ3) is 2.47. The third-order valence-corrected chi connectivity index (χ3v) is 4.07. The van der Waals surface area contributed by atoms with Crippen molar-refractivity contribution in [3.8, 4) is 5.75 Å². The molecule has 0 saturated carbocycles. The first-order chi connectivity index (χ1) is 10.6. The monoisotopic (exact) mass is 310 g/mol. The highest BCUT2D eigenvalue weighted by Crippen LogP contribution is 2.40. The number of phenolic OH excluding ortho intramolecular Hbond substituents is 1. The largest absolute Gasteiger partial charge is 0.508 e. The fourth-order valence-electron chi connectivity index (χ4n) is 2.61. The number of halogens is 1. The van der Waals surface area contributed by atoms with Crippen LogP contribution < -0.4 is 0 Å². The van der Waals surface area contributed by atoms with Crippen LogP contribution in [-0.2, 0) is 5.60 Å². The molecule has 0 heterocycles. The molecule has 3 aromatic rings. The van der Waals surface area contributed by atoms with Crippen molar-refractivity contribution in [2.24, 2.45) is 0 Å². The molecule has 22 heavy (non-hydrogen) atoms. The van der Waals surface area contributed by atoms with Crippen molar-refractivity contribution in [2.45, 2.75) is 5.60 Å². The highest BCUT2D eigenvalue weighted by Gasteiger charge is 2.35. The predicted molar refractivity (Wildman–Crippen MR) is 88.1 cm³/mol. The van der Waals surface area contributed by atoms with E-state index < -0.39 is 5.60 Å². The SMILES string of the molecule is Oc1ccc(C(O)(c2ccccc2)c2ccccc2Cl)cc1. The molecule has 0 aliphatic carbocycles. The first kappa shape index (κ1) is 14.6. The lowest BCUT2D eigenvalue weighted by Crippen LogP contribution is -2.29. The molecule has 2 N–H and O–H groups in total. The van der Waals surface area contributed by atoms with Crippen molar-refractivity contribution >= 4 is 11.6 Å². The van der Waals surface area contributed by atoms with E-state index in [4.69, 9.17) is 11.6 Å². The molecule has 0 saturated heterocycles. The highest BCUT2D eigenvalue weighted by atomic mass is 35.5. The smallest absolute Gasteiger partial charge is 0.142 e. The molecule has 2 nitrogen and oxygen atoms in total. The highest BCUT2D eigenvalue weighted by molar-refractivity contribution is 6.31. The molecule has 0 aliphatic rings. The summed E-state index contributed by atoms with van der Waals surface area (Å²) in [6, 6.07) is 23.1. The Bertz CT molecular complexity index is 769. The molecule has 0 amide bonds. The van der Waals surface area contributed by atoms with Crippen molar-refractivity contribution in [3.63, 3.8) is 0 Å². The van der Waals surface area contributed by atoms with Crippen LogP contribution in [0.15, 0.2) is 78.9 Å². The van der Waals surface area contributed by atoms with E-state index in [1.807, 2.05) is 48.5 Å². The van der Waals surface area contributed by atoms with E-state index in [0.717, 1.165) is 0 Å². The van der Waals surface area contributed by atoms with Gasteiger partial charge in [0.15, 0.2) is 0 Å². The van der Waals surface area contributed by atoms with Gasteiger partial charge in [0.05, 0.1) is 0 Å². The van der Waals surface area contributed by atoms with Gasteiger partial charge in [-0.25, -0.2) is 0 Å². The van der Waals surface area contributed by atoms with Gasteiger partial charge in [-0.15, -0.1) is 0 Å². The number of aromatic hydroxyl groups is 1. The van der Waals surface area contributed by atoms with E-state index in [0.29, 0.717) is 21.7 Å². The van der Waals surface area contributed by atoms with E-state index in [-0.39, 0.29) is 5.75 Å². The quantitative estimate of drug-likeness (QED) is 0.707. The second-order valence-corrected chi connectivity index (χ2v) is 5.51. The molecule has 0 fully saturated rings. The maximum atomic E-state index is 11.5. The van der Waals surface area contributed by atoms with Crippen LogP contribution in [0.1, 0.15) is 16.7 Å². The average Bonchev–Trinajstić information content (AvgIpc) is 2.56. The van der Waals surface area contributed by atoms with E-state index in [1.165, 1.54) is 0 Å². The molecule has 3 heteroatoms. The molecule has 3 aromatic carbocycles. The standard InChI is InChI=1S/C19H15ClO2/c20-18-9-5-4-8-17(18)19(22,14-6-2-1-3-7-14)15-10-12-16(21)13-11-15/h1-13,21-22H. The molecule has 110 valence electrons. The van der Waals surface area contributed by atoms with Gasteiger partial charge in [-0.05, 0) is 29.3 Å². The van der Waals surface area contributed by atoms with E-state index in [2.05, 4.69) is 0 Å². The van der Waals surface area contributed by atoms with Crippen LogP contribution in [0.3, 0.4) is 0 Å². The Balaban J connectivity index is 2.27. The minimum Gasteiger partial charge on any atom is -0.508 e. The van der Waals surface area contributed by atoms with E-state index >= 15 is 0 Å². The Morgan fingerprint density at radius 1 is 0.682 bits per heavy atom. The number of phenols is 1. The van der Waals surface area contributed by atoms with Crippen molar-refractivity contribution in [2.75, 3.05) is 0 Å². The summed E-state index contributed by atoms with van der Waals surface area (Å²) < 4.78 is 0. The number of aliphatic hydroxyl groups is 1. The molecule has 0 aromatic heterocycles. The topological polar surface area (TPSA) is 40.5 Å². The number of hydrogen-bond donors (Lipinski definition) is 2. The van der Waals surface area contributed by atoms with Crippen LogP contribution in [0, 0.1) is 0 Å². The van der Waals surface area contributed by atoms with E-state index in [9.17, 15) is 10.2 Å². The maximum Gasteiger partial charge on any atom is 0.142 e. The molecule has 1 atom stereocenters. The summed E-state index contributed by atoms with van der Waals surface area (Å²) in [5, 5.41) is 21.5. The summed E-state index contributed by atoms with van der Waals surface area (Å²) in [6.45, 7) is 0. The zero-order chi connectivity index (χ0) is 15.6. The van der Waals surface area contributed by atoms with Crippen LogP contribution in [-0.4, -0.2) is 10.2 Å². The molecule has 1 unspecified atom stereocenters. The summed E-state index contributed by atoms with van der Waals surface area (Å²) in [4.78, 5) is 0. The van der Waals surface area contributed by atoms with Crippen LogP contribution in [0.25, 0.3) is 0 Å². The minimum atomic E-state index is -1.38. The fourth-order valence-corrected chi connectivity index (χ4v) is 2.89. The maximum absolute atomic E-state index is 11.5. The van der Waals surface area contributed by atoms with Crippen molar-refractivity contribution < 1.29 is 10.2 Å². The second-order valence-electron chi connectivity index (χ2n) is 5.10. The molecule has 0 aliphatic heterocycles. The number of benzene rings is 3. The first-order valence-electron chi connectivity index (χ1n) is 6.95. The van der Waals surface area contributed by atoms with Gasteiger partial charge in [0.25, 0.3) is 0 Å². The van der Waals surface area contributed by atoms with Gasteiger partial charge >= 0.3 is 0 Å². The second kappa shape index (κ2) is 5.84. The summed E-state index contributed by atoms with van der Waals surface area (Å²) in [5.74, 6) is 0.151. The van der Waals surface area contributed by atoms with Crippen LogP contribution in [0.5, 0.6) is 5.75 Å². The summed E-state index contributed by atoms with van der Waals surface area (Å²) >= 11 is 6.33. The van der Waals surface area contributed by atoms with Crippen molar-refractivity contribution in [1.82, 2.24) is 0 Å². The first-order valence-corrected chi connectivity index (χ1v) is 7.32. The van der Waals surface area contributed by atoms with Gasteiger partial charge < -0.3 is 10.2 Å². The van der Waals surface area contributed by atoms with Crippen LogP contribution in [0.4, 0.5) is 0 Å². The number of hydrogen-bond acceptors (Lipinski definition) is 2. The summed E-state index contributed by atoms with van der Waals surface area (Å²) in [7, 11) is 0. The zero-order valence-electron chi connectivity index (χ0n) is 11.8. The lowest BCUT2D eigenvalue weighted by Gasteiger charge is -2.31. The van der Waals surface area contributed by atoms with Crippen LogP contribution >= 0.6 is 11.6 Å². The Labute approximate surface area is 134 Å². The van der Waals surface area contributed by atoms with Gasteiger partial charge in [0.1, 0.15) is 11.4 Å². The molecule has 0 radical (unpaired) electrons. The Morgan fingerprint density at radius 2 is 1.23 bits per heavy atom. The summed E-state index contributed by atoms with van der Waals surface area (Å²) in [6.07, 6.45) is 0. The van der Waals surface area contributed by atoms with Gasteiger partial charge in [0, 0.05) is 10.6 Å². The van der Waals surface area contributed by atoms with Gasteiger partial charge in [-0.3, -0.25) is 0 Å². The van der Waals surface area contributed by atoms with Crippen molar-refractivity contribution in [3.05, 3.63) is 101 Å². The minimum absolute atomic E-state index is 0.151. The third-order valence-electron chi connectivity index (χ3n) is 3.74. The van der Waals surface area contributed by atoms with Crippen molar-refractivity contribution in [1.29, 1.82) is 0 Å². The Morgan fingerprint density at radius 3 is 1.86 bits per heavy atom. The normalized spacial score (nSPS) is 13.5. The van der Waals surface area contributed by atoms with Gasteiger partial charge in [-0.1, -0.05) is 72.3 Å². The molecular weight excluding hydrogens is 296 g/mol. The Hall–Kier alpha value is -2.29. The molecule has 0 spiro atoms. The summed E-state index contributed by atoms with van der Waals surface area (Å²) in [5.41, 5.74) is 0.583. The van der Waals surface area contributed by atoms with Gasteiger partial charge in [0.2, 0.25) is 0 Å². The zero-order valence-corrected chi connectivity index (χ0v) is 12.5. The number of rotatable bonds is 3. The predicted octanol–water partition coefficient (Wildman–Crippen LogP) is 4.33. The fraction of sp³-hybridized carbons (Fsp3) is 0.0526. The Kier molecular flexibility index (Phi) is 3.88. The van der Waals surface area contributed by atoms with Crippen LogP contribution in [0.2, 0.25) is 5.02 Å². The van der Waals surface area contributed by atoms with Gasteiger partial charge in [-0.2, -0.15) is 0 Å². The molecule has 0 bridgehead atoms. The molecular formula is C19H15ClO2. The molecule has 3 rings (SSSR count). The lowest BCUT2D eigenvalue weighted by atomic mass is 9.80. The lowest BCUT2D eigenvalue weighted by molar-refractivity contribution is 0.126.